The molecule has 2 saturated carbocycles. The molecular formula is C39H43N7O2. The molecule has 1 unspecified atom stereocenters. The summed E-state index contributed by atoms with van der Waals surface area (Å²) >= 11 is 0. The number of carbonyl (C=O) groups is 2. The summed E-state index contributed by atoms with van der Waals surface area (Å²) < 4.78 is 0. The number of aromatic nitrogens is 5. The molecule has 6 atom stereocenters. The molecule has 3 fully saturated rings. The zero-order valence-corrected chi connectivity index (χ0v) is 28.0. The normalized spacial score (nSPS) is 30.5. The minimum atomic E-state index is -0.150. The Morgan fingerprint density at radius 1 is 0.896 bits per heavy atom. The van der Waals surface area contributed by atoms with Crippen LogP contribution in [0.4, 0.5) is 5.95 Å². The Morgan fingerprint density at radius 3 is 2.23 bits per heavy atom. The van der Waals surface area contributed by atoms with Gasteiger partial charge in [0, 0.05) is 49.9 Å². The quantitative estimate of drug-likeness (QED) is 0.304. The molecule has 3 aromatic heterocycles. The summed E-state index contributed by atoms with van der Waals surface area (Å²) in [6.45, 7) is 9.74. The van der Waals surface area contributed by atoms with Crippen LogP contribution in [0.1, 0.15) is 52.9 Å². The molecular weight excluding hydrogens is 598 g/mol. The summed E-state index contributed by atoms with van der Waals surface area (Å²) in [4.78, 5) is 54.4. The van der Waals surface area contributed by atoms with Crippen LogP contribution in [0.3, 0.4) is 0 Å². The lowest BCUT2D eigenvalue weighted by Crippen LogP contribution is -2.54. The molecule has 8 rings (SSSR count). The summed E-state index contributed by atoms with van der Waals surface area (Å²) in [6.07, 6.45) is 16.7. The highest BCUT2D eigenvalue weighted by Crippen LogP contribution is 2.64. The van der Waals surface area contributed by atoms with Gasteiger partial charge in [0.2, 0.25) is 5.95 Å². The van der Waals surface area contributed by atoms with Crippen LogP contribution in [0.15, 0.2) is 84.2 Å². The maximum atomic E-state index is 14.4. The highest BCUT2D eigenvalue weighted by molar-refractivity contribution is 6.01. The van der Waals surface area contributed by atoms with Gasteiger partial charge in [-0.1, -0.05) is 42.4 Å². The van der Waals surface area contributed by atoms with E-state index in [9.17, 15) is 9.59 Å². The van der Waals surface area contributed by atoms with E-state index in [0.29, 0.717) is 59.7 Å². The molecule has 0 bridgehead atoms. The van der Waals surface area contributed by atoms with Gasteiger partial charge in [0.1, 0.15) is 11.4 Å². The molecule has 9 nitrogen and oxygen atoms in total. The lowest BCUT2D eigenvalue weighted by Gasteiger charge is -2.52. The van der Waals surface area contributed by atoms with Gasteiger partial charge in [-0.3, -0.25) is 24.5 Å². The Morgan fingerprint density at radius 2 is 1.58 bits per heavy atom. The van der Waals surface area contributed by atoms with Crippen LogP contribution in [0.2, 0.25) is 0 Å². The van der Waals surface area contributed by atoms with E-state index in [2.05, 4.69) is 52.7 Å². The fourth-order valence-electron chi connectivity index (χ4n) is 9.49. The van der Waals surface area contributed by atoms with Gasteiger partial charge in [0.05, 0.1) is 6.04 Å². The summed E-state index contributed by atoms with van der Waals surface area (Å²) in [5.41, 5.74) is 3.95. The SMILES string of the molecule is CC(C(=O)[C@H]1CC[C@H]2[C@@H]3CCC4=CC(=O)C=C[C@]4(C)C3=CC[C@]12C)N1CCN(c2nc(-c3ccccn3)nc(-c3ccccn3)n2)CC1. The van der Waals surface area contributed by atoms with E-state index in [1.54, 1.807) is 18.5 Å². The zero-order valence-electron chi connectivity index (χ0n) is 28.0. The molecule has 0 spiro atoms. The summed E-state index contributed by atoms with van der Waals surface area (Å²) in [7, 11) is 0. The Labute approximate surface area is 282 Å². The van der Waals surface area contributed by atoms with E-state index in [0.717, 1.165) is 45.2 Å². The largest absolute Gasteiger partial charge is 0.338 e. The van der Waals surface area contributed by atoms with Gasteiger partial charge in [-0.25, -0.2) is 4.98 Å². The molecule has 0 radical (unpaired) electrons. The van der Waals surface area contributed by atoms with Crippen molar-refractivity contribution >= 4 is 17.5 Å². The maximum Gasteiger partial charge on any atom is 0.229 e. The monoisotopic (exact) mass is 641 g/mol. The van der Waals surface area contributed by atoms with Crippen LogP contribution in [0.25, 0.3) is 23.0 Å². The van der Waals surface area contributed by atoms with Crippen LogP contribution in [-0.2, 0) is 9.59 Å². The van der Waals surface area contributed by atoms with Gasteiger partial charge in [0.25, 0.3) is 0 Å². The molecule has 5 aliphatic rings. The Balaban J connectivity index is 0.976. The van der Waals surface area contributed by atoms with Crippen molar-refractivity contribution in [3.8, 4) is 23.0 Å². The van der Waals surface area contributed by atoms with Crippen molar-refractivity contribution in [2.75, 3.05) is 31.1 Å². The lowest BCUT2D eigenvalue weighted by molar-refractivity contribution is -0.132. The molecule has 4 aliphatic carbocycles. The van der Waals surface area contributed by atoms with Crippen LogP contribution in [0, 0.1) is 28.6 Å². The van der Waals surface area contributed by atoms with Crippen molar-refractivity contribution in [2.45, 2.75) is 58.9 Å². The molecule has 48 heavy (non-hydrogen) atoms. The van der Waals surface area contributed by atoms with Gasteiger partial charge in [-0.2, -0.15) is 9.97 Å². The third-order valence-electron chi connectivity index (χ3n) is 12.3. The molecule has 0 aromatic carbocycles. The minimum absolute atomic E-state index is 0.0261. The standard InChI is InChI=1S/C39H43N7O2/c1-25(34(48)31-13-12-29-28-11-10-26-24-27(47)14-16-38(26,2)30(28)15-17-39(29,31)3)45-20-22-46(23-21-45)37-43-35(32-8-4-6-18-40-32)42-36(44-37)33-9-5-7-19-41-33/h4-9,14-16,18-19,24-25,28-29,31H,10-13,17,20-23H2,1-3H3/t25?,28-,29-,31+,38-,39-/m0/s1. The number of hydrogen-bond acceptors (Lipinski definition) is 9. The van der Waals surface area contributed by atoms with E-state index in [-0.39, 0.29) is 28.6 Å². The Kier molecular flexibility index (Phi) is 7.70. The maximum absolute atomic E-state index is 14.4. The predicted molar refractivity (Wildman–Crippen MR) is 185 cm³/mol. The third kappa shape index (κ3) is 5.14. The average Bonchev–Trinajstić information content (AvgIpc) is 3.49. The summed E-state index contributed by atoms with van der Waals surface area (Å²) in [5, 5.41) is 0. The minimum Gasteiger partial charge on any atom is -0.338 e. The van der Waals surface area contributed by atoms with Gasteiger partial charge in [-0.15, -0.1) is 0 Å². The first-order chi connectivity index (χ1) is 23.2. The van der Waals surface area contributed by atoms with Crippen molar-refractivity contribution in [2.24, 2.45) is 28.6 Å². The first-order valence-corrected chi connectivity index (χ1v) is 17.5. The number of piperazine rings is 1. The number of rotatable bonds is 6. The van der Waals surface area contributed by atoms with E-state index >= 15 is 0 Å². The fraction of sp³-hybridized carbons (Fsp3) is 0.462. The van der Waals surface area contributed by atoms with E-state index in [4.69, 9.17) is 15.0 Å². The topological polar surface area (TPSA) is 105 Å². The number of anilines is 1. The molecule has 246 valence electrons. The second kappa shape index (κ2) is 11.9. The smallest absolute Gasteiger partial charge is 0.229 e. The van der Waals surface area contributed by atoms with E-state index in [1.807, 2.05) is 42.5 Å². The van der Waals surface area contributed by atoms with Gasteiger partial charge in [-0.05, 0) is 99.6 Å². The third-order valence-corrected chi connectivity index (χ3v) is 12.3. The number of nitrogens with zero attached hydrogens (tertiary/aromatic N) is 7. The summed E-state index contributed by atoms with van der Waals surface area (Å²) in [5.74, 6) is 3.20. The molecule has 1 saturated heterocycles. The second-order valence-corrected chi connectivity index (χ2v) is 14.7. The Hall–Kier alpha value is -4.37. The average molecular weight is 642 g/mol. The molecule has 3 aromatic rings. The fourth-order valence-corrected chi connectivity index (χ4v) is 9.49. The number of Topliss-reactive ketones (excluding diaryl/α,β-unsaturated/α-hetero) is 1. The molecule has 0 N–H and O–H groups in total. The number of hydrogen-bond donors (Lipinski definition) is 0. The lowest BCUT2D eigenvalue weighted by atomic mass is 9.52. The van der Waals surface area contributed by atoms with Crippen LogP contribution >= 0.6 is 0 Å². The number of ketones is 2. The first-order valence-electron chi connectivity index (χ1n) is 17.5. The van der Waals surface area contributed by atoms with Crippen molar-refractivity contribution in [3.63, 3.8) is 0 Å². The van der Waals surface area contributed by atoms with Gasteiger partial charge >= 0.3 is 0 Å². The molecule has 4 heterocycles. The number of pyridine rings is 2. The highest BCUT2D eigenvalue weighted by atomic mass is 16.1. The second-order valence-electron chi connectivity index (χ2n) is 14.7. The number of carbonyl (C=O) groups excluding carboxylic acids is 2. The summed E-state index contributed by atoms with van der Waals surface area (Å²) in [6, 6.07) is 11.3. The van der Waals surface area contributed by atoms with Crippen molar-refractivity contribution in [3.05, 3.63) is 84.2 Å². The van der Waals surface area contributed by atoms with Gasteiger partial charge in [0.15, 0.2) is 23.2 Å². The van der Waals surface area contributed by atoms with Crippen molar-refractivity contribution in [1.82, 2.24) is 29.8 Å². The van der Waals surface area contributed by atoms with E-state index < -0.39 is 0 Å². The zero-order chi connectivity index (χ0) is 33.0. The van der Waals surface area contributed by atoms with Crippen molar-refractivity contribution < 1.29 is 9.59 Å². The van der Waals surface area contributed by atoms with Crippen molar-refractivity contribution in [1.29, 1.82) is 0 Å². The van der Waals surface area contributed by atoms with Crippen LogP contribution in [0.5, 0.6) is 0 Å². The van der Waals surface area contributed by atoms with Crippen LogP contribution in [-0.4, -0.2) is 73.6 Å². The molecule has 1 aliphatic heterocycles. The molecule has 9 heteroatoms. The van der Waals surface area contributed by atoms with Gasteiger partial charge < -0.3 is 4.90 Å². The predicted octanol–water partition coefficient (Wildman–Crippen LogP) is 5.92. The van der Waals surface area contributed by atoms with E-state index in [1.165, 1.54) is 11.1 Å². The van der Waals surface area contributed by atoms with Crippen LogP contribution < -0.4 is 4.90 Å². The Bertz CT molecular complexity index is 1770. The number of allylic oxidation sites excluding steroid dienone is 6. The number of fused-ring (bicyclic) bond motifs is 5. The molecule has 0 amide bonds. The highest BCUT2D eigenvalue weighted by Gasteiger charge is 2.57. The first kappa shape index (κ1) is 30.9.